The van der Waals surface area contributed by atoms with Gasteiger partial charge in [0.25, 0.3) is 0 Å². The first-order valence-electron chi connectivity index (χ1n) is 13.9. The van der Waals surface area contributed by atoms with Gasteiger partial charge in [0.15, 0.2) is 5.78 Å². The standard InChI is InChI=1S/C29H42O5/c1-4-18-16-25-24-11-9-20-15-21(31)10-12-22(20)23(24)13-14-29(25,3)27(18)34-28(32)26(33-17(2)30)19-7-5-6-8-19/h15,18-19,22-27H,4-14,16H2,1-3H3/t18-,22-,23+,24+,25-,26?,27-,29-/m0/s1. The fourth-order valence-electron chi connectivity index (χ4n) is 8.89. The van der Waals surface area contributed by atoms with Crippen LogP contribution in [0.25, 0.3) is 0 Å². The summed E-state index contributed by atoms with van der Waals surface area (Å²) in [7, 11) is 0. The Kier molecular flexibility index (Phi) is 6.67. The molecule has 0 radical (unpaired) electrons. The lowest BCUT2D eigenvalue weighted by atomic mass is 9.52. The molecule has 188 valence electrons. The Morgan fingerprint density at radius 3 is 2.56 bits per heavy atom. The minimum absolute atomic E-state index is 0.0142. The number of allylic oxidation sites excluding steroid dienone is 1. The number of esters is 2. The topological polar surface area (TPSA) is 69.7 Å². The molecule has 0 heterocycles. The molecule has 0 aromatic rings. The van der Waals surface area contributed by atoms with Crippen LogP contribution in [0.15, 0.2) is 11.6 Å². The number of ether oxygens (including phenoxy) is 2. The third kappa shape index (κ3) is 4.15. The fraction of sp³-hybridized carbons (Fsp3) is 0.828. The van der Waals surface area contributed by atoms with Gasteiger partial charge in [-0.15, -0.1) is 0 Å². The molecule has 0 aliphatic heterocycles. The molecule has 0 bridgehead atoms. The molecule has 0 N–H and O–H groups in total. The molecule has 5 heteroatoms. The van der Waals surface area contributed by atoms with Crippen LogP contribution in [0, 0.1) is 40.9 Å². The van der Waals surface area contributed by atoms with E-state index in [1.807, 2.05) is 6.08 Å². The second-order valence-electron chi connectivity index (χ2n) is 12.2. The van der Waals surface area contributed by atoms with Crippen LogP contribution in [0.2, 0.25) is 0 Å². The van der Waals surface area contributed by atoms with Gasteiger partial charge in [-0.2, -0.15) is 0 Å². The Hall–Kier alpha value is -1.65. The summed E-state index contributed by atoms with van der Waals surface area (Å²) in [5.74, 6) is 2.54. The van der Waals surface area contributed by atoms with Gasteiger partial charge in [0, 0.05) is 24.7 Å². The van der Waals surface area contributed by atoms with Gasteiger partial charge >= 0.3 is 11.9 Å². The van der Waals surface area contributed by atoms with Crippen molar-refractivity contribution in [1.29, 1.82) is 0 Å². The van der Waals surface area contributed by atoms with Crippen LogP contribution in [-0.4, -0.2) is 29.9 Å². The summed E-state index contributed by atoms with van der Waals surface area (Å²) in [4.78, 5) is 37.3. The Labute approximate surface area is 204 Å². The van der Waals surface area contributed by atoms with E-state index >= 15 is 0 Å². The predicted molar refractivity (Wildman–Crippen MR) is 129 cm³/mol. The van der Waals surface area contributed by atoms with Crippen LogP contribution in [-0.2, 0) is 23.9 Å². The highest BCUT2D eigenvalue weighted by Gasteiger charge is 2.60. The van der Waals surface area contributed by atoms with Crippen molar-refractivity contribution in [3.8, 4) is 0 Å². The molecule has 5 aliphatic rings. The van der Waals surface area contributed by atoms with E-state index in [2.05, 4.69) is 13.8 Å². The zero-order valence-corrected chi connectivity index (χ0v) is 21.2. The number of hydrogen-bond donors (Lipinski definition) is 0. The largest absolute Gasteiger partial charge is 0.459 e. The predicted octanol–water partition coefficient (Wildman–Crippen LogP) is 5.80. The van der Waals surface area contributed by atoms with Crippen LogP contribution in [0.4, 0.5) is 0 Å². The average molecular weight is 471 g/mol. The highest BCUT2D eigenvalue weighted by molar-refractivity contribution is 5.91. The summed E-state index contributed by atoms with van der Waals surface area (Å²) in [6.45, 7) is 5.98. The van der Waals surface area contributed by atoms with E-state index < -0.39 is 12.1 Å². The molecule has 5 nitrogen and oxygen atoms in total. The molecule has 4 saturated carbocycles. The number of rotatable bonds is 5. The second-order valence-corrected chi connectivity index (χ2v) is 12.2. The fourth-order valence-corrected chi connectivity index (χ4v) is 8.89. The van der Waals surface area contributed by atoms with E-state index in [0.717, 1.165) is 70.6 Å². The molecular weight excluding hydrogens is 428 g/mol. The van der Waals surface area contributed by atoms with Gasteiger partial charge < -0.3 is 9.47 Å². The SMILES string of the molecule is CC[C@H]1C[C@H]2[C@@H]3CCC4=CC(=O)CC[C@@H]4[C@H]3CC[C@]2(C)[C@H]1OC(=O)C(OC(C)=O)C1CCCC1. The maximum absolute atomic E-state index is 13.5. The van der Waals surface area contributed by atoms with Crippen LogP contribution in [0.1, 0.15) is 97.8 Å². The lowest BCUT2D eigenvalue weighted by Gasteiger charge is -2.53. The highest BCUT2D eigenvalue weighted by atomic mass is 16.6. The number of carbonyl (C=O) groups is 3. The molecule has 8 atom stereocenters. The van der Waals surface area contributed by atoms with E-state index in [1.54, 1.807) is 0 Å². The second kappa shape index (κ2) is 9.43. The Bertz CT molecular complexity index is 855. The highest BCUT2D eigenvalue weighted by Crippen LogP contribution is 2.64. The van der Waals surface area contributed by atoms with E-state index in [1.165, 1.54) is 12.5 Å². The smallest absolute Gasteiger partial charge is 0.348 e. The summed E-state index contributed by atoms with van der Waals surface area (Å²) in [5.41, 5.74) is 1.40. The molecule has 0 aromatic carbocycles. The summed E-state index contributed by atoms with van der Waals surface area (Å²) >= 11 is 0. The number of carbonyl (C=O) groups excluding carboxylic acids is 3. The van der Waals surface area contributed by atoms with Gasteiger partial charge in [0.2, 0.25) is 6.10 Å². The van der Waals surface area contributed by atoms with Gasteiger partial charge in [-0.25, -0.2) is 4.79 Å². The molecule has 0 spiro atoms. The van der Waals surface area contributed by atoms with Crippen molar-refractivity contribution in [2.45, 2.75) is 110 Å². The molecule has 5 aliphatic carbocycles. The quantitative estimate of drug-likeness (QED) is 0.475. The average Bonchev–Trinajstić information content (AvgIpc) is 3.43. The van der Waals surface area contributed by atoms with Gasteiger partial charge in [0.1, 0.15) is 6.10 Å². The zero-order valence-electron chi connectivity index (χ0n) is 21.2. The van der Waals surface area contributed by atoms with Gasteiger partial charge in [-0.3, -0.25) is 9.59 Å². The van der Waals surface area contributed by atoms with Crippen molar-refractivity contribution in [1.82, 2.24) is 0 Å². The van der Waals surface area contributed by atoms with Crippen molar-refractivity contribution in [3.63, 3.8) is 0 Å². The molecule has 1 unspecified atom stereocenters. The Balaban J connectivity index is 1.35. The monoisotopic (exact) mass is 470 g/mol. The van der Waals surface area contributed by atoms with E-state index in [4.69, 9.17) is 9.47 Å². The summed E-state index contributed by atoms with van der Waals surface area (Å²) < 4.78 is 11.9. The summed E-state index contributed by atoms with van der Waals surface area (Å²) in [5, 5.41) is 0. The van der Waals surface area contributed by atoms with Crippen LogP contribution in [0.5, 0.6) is 0 Å². The van der Waals surface area contributed by atoms with E-state index in [0.29, 0.717) is 41.8 Å². The van der Waals surface area contributed by atoms with Crippen molar-refractivity contribution >= 4 is 17.7 Å². The molecule has 4 fully saturated rings. The van der Waals surface area contributed by atoms with Gasteiger partial charge in [-0.05, 0) is 93.5 Å². The van der Waals surface area contributed by atoms with E-state index in [-0.39, 0.29) is 23.4 Å². The third-order valence-electron chi connectivity index (χ3n) is 10.5. The molecule has 0 amide bonds. The summed E-state index contributed by atoms with van der Waals surface area (Å²) in [6.07, 6.45) is 13.5. The Morgan fingerprint density at radius 1 is 1.09 bits per heavy atom. The van der Waals surface area contributed by atoms with Crippen LogP contribution in [0.3, 0.4) is 0 Å². The van der Waals surface area contributed by atoms with Crippen molar-refractivity contribution in [2.24, 2.45) is 40.9 Å². The minimum atomic E-state index is -0.751. The molecule has 0 aromatic heterocycles. The summed E-state index contributed by atoms with van der Waals surface area (Å²) in [6, 6.07) is 0. The maximum atomic E-state index is 13.5. The third-order valence-corrected chi connectivity index (χ3v) is 10.5. The number of fused-ring (bicyclic) bond motifs is 5. The number of ketones is 1. The zero-order chi connectivity index (χ0) is 24.0. The normalized spacial score (nSPS) is 40.6. The van der Waals surface area contributed by atoms with Crippen LogP contribution >= 0.6 is 0 Å². The van der Waals surface area contributed by atoms with Gasteiger partial charge in [-0.1, -0.05) is 32.3 Å². The van der Waals surface area contributed by atoms with Crippen molar-refractivity contribution in [2.75, 3.05) is 0 Å². The minimum Gasteiger partial charge on any atom is -0.459 e. The molecule has 34 heavy (non-hydrogen) atoms. The first-order chi connectivity index (χ1) is 16.3. The van der Waals surface area contributed by atoms with Crippen LogP contribution < -0.4 is 0 Å². The van der Waals surface area contributed by atoms with Crippen molar-refractivity contribution in [3.05, 3.63) is 11.6 Å². The lowest BCUT2D eigenvalue weighted by molar-refractivity contribution is -0.183. The lowest BCUT2D eigenvalue weighted by Crippen LogP contribution is -2.49. The molecular formula is C29H42O5. The molecule has 5 rings (SSSR count). The first kappa shape index (κ1) is 24.1. The first-order valence-corrected chi connectivity index (χ1v) is 13.9. The van der Waals surface area contributed by atoms with E-state index in [9.17, 15) is 14.4 Å². The molecule has 0 saturated heterocycles. The van der Waals surface area contributed by atoms with Crippen molar-refractivity contribution < 1.29 is 23.9 Å². The van der Waals surface area contributed by atoms with Gasteiger partial charge in [0.05, 0.1) is 0 Å². The maximum Gasteiger partial charge on any atom is 0.348 e. The number of hydrogen-bond acceptors (Lipinski definition) is 5. The Morgan fingerprint density at radius 2 is 1.85 bits per heavy atom.